The molecular formula is C10H16O5. The topological polar surface area (TPSA) is 80.7 Å². The van der Waals surface area contributed by atoms with E-state index in [4.69, 9.17) is 9.84 Å². The molecule has 15 heavy (non-hydrogen) atoms. The second-order valence-corrected chi connectivity index (χ2v) is 4.20. The lowest BCUT2D eigenvalue weighted by Crippen LogP contribution is -2.24. The van der Waals surface area contributed by atoms with Gasteiger partial charge in [0.15, 0.2) is 0 Å². The van der Waals surface area contributed by atoms with Gasteiger partial charge >= 0.3 is 11.9 Å². The number of ether oxygens (including phenoxy) is 1. The van der Waals surface area contributed by atoms with Crippen molar-refractivity contribution in [3.8, 4) is 0 Å². The average molecular weight is 216 g/mol. The maximum Gasteiger partial charge on any atom is 0.310 e. The predicted molar refractivity (Wildman–Crippen MR) is 52.3 cm³/mol. The van der Waals surface area contributed by atoms with Crippen molar-refractivity contribution < 1.29 is 24.2 Å². The smallest absolute Gasteiger partial charge is 0.310 e. The largest absolute Gasteiger partial charge is 0.481 e. The van der Waals surface area contributed by atoms with Crippen LogP contribution in [0.15, 0.2) is 0 Å². The lowest BCUT2D eigenvalue weighted by Gasteiger charge is -2.19. The molecule has 0 aromatic carbocycles. The molecular weight excluding hydrogens is 200 g/mol. The molecule has 0 spiro atoms. The summed E-state index contributed by atoms with van der Waals surface area (Å²) < 4.78 is 4.95. The molecule has 0 rings (SSSR count). The fraction of sp³-hybridized carbons (Fsp3) is 0.700. The second kappa shape index (κ2) is 5.48. The fourth-order valence-corrected chi connectivity index (χ4v) is 0.891. The van der Waals surface area contributed by atoms with E-state index in [1.807, 2.05) is 0 Å². The van der Waals surface area contributed by atoms with E-state index in [-0.39, 0.29) is 12.8 Å². The molecule has 0 atom stereocenters. The van der Waals surface area contributed by atoms with E-state index in [0.717, 1.165) is 0 Å². The molecule has 86 valence electrons. The number of carbonyl (C=O) groups excluding carboxylic acids is 2. The van der Waals surface area contributed by atoms with E-state index in [2.05, 4.69) is 0 Å². The van der Waals surface area contributed by atoms with Gasteiger partial charge in [-0.1, -0.05) is 0 Å². The van der Waals surface area contributed by atoms with Crippen LogP contribution in [0, 0.1) is 0 Å². The van der Waals surface area contributed by atoms with E-state index >= 15 is 0 Å². The fourth-order valence-electron chi connectivity index (χ4n) is 0.891. The van der Waals surface area contributed by atoms with Crippen molar-refractivity contribution in [1.29, 1.82) is 0 Å². The minimum absolute atomic E-state index is 0.0661. The zero-order chi connectivity index (χ0) is 12.1. The van der Waals surface area contributed by atoms with Crippen molar-refractivity contribution in [2.45, 2.75) is 45.6 Å². The maximum absolute atomic E-state index is 11.1. The van der Waals surface area contributed by atoms with Gasteiger partial charge in [-0.2, -0.15) is 0 Å². The zero-order valence-corrected chi connectivity index (χ0v) is 9.20. The zero-order valence-electron chi connectivity index (χ0n) is 9.20. The van der Waals surface area contributed by atoms with Crippen LogP contribution in [0.25, 0.3) is 0 Å². The van der Waals surface area contributed by atoms with Crippen LogP contribution in [-0.4, -0.2) is 28.4 Å². The first-order chi connectivity index (χ1) is 6.70. The molecule has 0 aliphatic heterocycles. The van der Waals surface area contributed by atoms with Gasteiger partial charge in [-0.15, -0.1) is 0 Å². The normalized spacial score (nSPS) is 10.9. The Morgan fingerprint density at radius 2 is 1.67 bits per heavy atom. The van der Waals surface area contributed by atoms with Gasteiger partial charge in [0, 0.05) is 6.42 Å². The summed E-state index contributed by atoms with van der Waals surface area (Å²) >= 11 is 0. The van der Waals surface area contributed by atoms with Gasteiger partial charge in [0.25, 0.3) is 0 Å². The average Bonchev–Trinajstić information content (AvgIpc) is 1.96. The number of hydrogen-bond donors (Lipinski definition) is 1. The maximum atomic E-state index is 11.1. The van der Waals surface area contributed by atoms with Crippen molar-refractivity contribution in [2.75, 3.05) is 0 Å². The third kappa shape index (κ3) is 8.93. The van der Waals surface area contributed by atoms with Gasteiger partial charge in [-0.05, 0) is 20.8 Å². The molecule has 0 saturated carbocycles. The van der Waals surface area contributed by atoms with Crippen molar-refractivity contribution in [2.24, 2.45) is 0 Å². The van der Waals surface area contributed by atoms with Crippen LogP contribution in [-0.2, 0) is 19.1 Å². The lowest BCUT2D eigenvalue weighted by atomic mass is 10.1. The van der Waals surface area contributed by atoms with E-state index in [9.17, 15) is 14.4 Å². The molecule has 0 aromatic heterocycles. The van der Waals surface area contributed by atoms with Crippen LogP contribution >= 0.6 is 0 Å². The molecule has 0 bridgehead atoms. The Kier molecular flexibility index (Phi) is 4.97. The molecule has 0 aromatic rings. The Bertz CT molecular complexity index is 261. The van der Waals surface area contributed by atoms with Crippen LogP contribution in [0.3, 0.4) is 0 Å². The summed E-state index contributed by atoms with van der Waals surface area (Å²) in [4.78, 5) is 32.2. The summed E-state index contributed by atoms with van der Waals surface area (Å²) in [6, 6.07) is 0. The Labute approximate surface area is 88.4 Å². The summed E-state index contributed by atoms with van der Waals surface area (Å²) in [5.41, 5.74) is -0.576. The summed E-state index contributed by atoms with van der Waals surface area (Å²) in [6.45, 7) is 5.18. The number of ketones is 1. The number of esters is 1. The predicted octanol–water partition coefficient (Wildman–Crippen LogP) is 1.15. The standard InChI is InChI=1S/C10H16O5/c1-10(2,3)15-9(14)5-4-7(11)6-8(12)13/h4-6H2,1-3H3,(H,12,13). The second-order valence-electron chi connectivity index (χ2n) is 4.20. The lowest BCUT2D eigenvalue weighted by molar-refractivity contribution is -0.156. The summed E-state index contributed by atoms with van der Waals surface area (Å²) in [5.74, 6) is -2.13. The minimum atomic E-state index is -1.18. The van der Waals surface area contributed by atoms with Crippen LogP contribution < -0.4 is 0 Å². The molecule has 0 radical (unpaired) electrons. The van der Waals surface area contributed by atoms with E-state index < -0.39 is 29.7 Å². The molecule has 0 saturated heterocycles. The molecule has 0 amide bonds. The van der Waals surface area contributed by atoms with Gasteiger partial charge < -0.3 is 9.84 Å². The molecule has 0 heterocycles. The molecule has 0 aliphatic rings. The van der Waals surface area contributed by atoms with Gasteiger partial charge in [-0.25, -0.2) is 0 Å². The highest BCUT2D eigenvalue weighted by Crippen LogP contribution is 2.09. The van der Waals surface area contributed by atoms with E-state index in [1.165, 1.54) is 0 Å². The third-order valence-electron chi connectivity index (χ3n) is 1.38. The SMILES string of the molecule is CC(C)(C)OC(=O)CCC(=O)CC(=O)O. The van der Waals surface area contributed by atoms with Crippen LogP contribution in [0.4, 0.5) is 0 Å². The quantitative estimate of drug-likeness (QED) is 0.550. The molecule has 1 N–H and O–H groups in total. The number of carboxylic acids is 1. The van der Waals surface area contributed by atoms with Crippen molar-refractivity contribution in [1.82, 2.24) is 0 Å². The van der Waals surface area contributed by atoms with Gasteiger partial charge in [0.2, 0.25) is 0 Å². The molecule has 0 fully saturated rings. The molecule has 0 aliphatic carbocycles. The number of aliphatic carboxylic acids is 1. The van der Waals surface area contributed by atoms with Crippen molar-refractivity contribution in [3.05, 3.63) is 0 Å². The monoisotopic (exact) mass is 216 g/mol. The van der Waals surface area contributed by atoms with E-state index in [0.29, 0.717) is 0 Å². The number of Topliss-reactive ketones (excluding diaryl/α,β-unsaturated/α-hetero) is 1. The van der Waals surface area contributed by atoms with Crippen LogP contribution in [0.2, 0.25) is 0 Å². The van der Waals surface area contributed by atoms with Gasteiger partial charge in [-0.3, -0.25) is 14.4 Å². The minimum Gasteiger partial charge on any atom is -0.481 e. The van der Waals surface area contributed by atoms with Crippen LogP contribution in [0.5, 0.6) is 0 Å². The summed E-state index contributed by atoms with van der Waals surface area (Å²) in [5, 5.41) is 8.30. The van der Waals surface area contributed by atoms with Crippen LogP contribution in [0.1, 0.15) is 40.0 Å². The molecule has 5 heteroatoms. The molecule has 0 unspecified atom stereocenters. The summed E-state index contributed by atoms with van der Waals surface area (Å²) in [7, 11) is 0. The summed E-state index contributed by atoms with van der Waals surface area (Å²) in [6.07, 6.45) is -0.687. The van der Waals surface area contributed by atoms with Crippen molar-refractivity contribution in [3.63, 3.8) is 0 Å². The Morgan fingerprint density at radius 1 is 1.13 bits per heavy atom. The number of carbonyl (C=O) groups is 3. The first-order valence-corrected chi connectivity index (χ1v) is 4.66. The number of rotatable bonds is 5. The van der Waals surface area contributed by atoms with Gasteiger partial charge in [0.05, 0.1) is 6.42 Å². The van der Waals surface area contributed by atoms with E-state index in [1.54, 1.807) is 20.8 Å². The molecule has 5 nitrogen and oxygen atoms in total. The number of carboxylic acid groups (broad SMARTS) is 1. The van der Waals surface area contributed by atoms with Crippen molar-refractivity contribution >= 4 is 17.7 Å². The van der Waals surface area contributed by atoms with Gasteiger partial charge in [0.1, 0.15) is 17.8 Å². The highest BCUT2D eigenvalue weighted by molar-refractivity contribution is 5.95. The highest BCUT2D eigenvalue weighted by atomic mass is 16.6. The first kappa shape index (κ1) is 13.6. The highest BCUT2D eigenvalue weighted by Gasteiger charge is 2.17. The third-order valence-corrected chi connectivity index (χ3v) is 1.38. The Hall–Kier alpha value is -1.39. The Morgan fingerprint density at radius 3 is 2.07 bits per heavy atom. The Balaban J connectivity index is 3.82. The first-order valence-electron chi connectivity index (χ1n) is 4.66. The number of hydrogen-bond acceptors (Lipinski definition) is 4.